The molecule has 130 valence electrons. The second-order valence-corrected chi connectivity index (χ2v) is 7.99. The molecule has 0 saturated carbocycles. The molecule has 0 bridgehead atoms. The van der Waals surface area contributed by atoms with Crippen LogP contribution in [0.25, 0.3) is 0 Å². The van der Waals surface area contributed by atoms with Gasteiger partial charge < -0.3 is 4.90 Å². The van der Waals surface area contributed by atoms with Crippen LogP contribution in [0, 0.1) is 11.8 Å². The minimum absolute atomic E-state index is 0.397. The molecule has 5 heteroatoms. The van der Waals surface area contributed by atoms with Crippen LogP contribution in [0.15, 0.2) is 6.20 Å². The number of hydrogen-bond donors (Lipinski definition) is 0. The van der Waals surface area contributed by atoms with Gasteiger partial charge in [-0.1, -0.05) is 12.1 Å². The largest absolute Gasteiger partial charge is 0.303 e. The quantitative estimate of drug-likeness (QED) is 0.836. The van der Waals surface area contributed by atoms with Gasteiger partial charge in [0.15, 0.2) is 0 Å². The van der Waals surface area contributed by atoms with Crippen LogP contribution in [0.2, 0.25) is 0 Å². The first-order valence-electron chi connectivity index (χ1n) is 9.45. The van der Waals surface area contributed by atoms with E-state index in [-0.39, 0.29) is 0 Å². The van der Waals surface area contributed by atoms with Crippen LogP contribution >= 0.6 is 0 Å². The molecule has 3 rings (SSSR count). The summed E-state index contributed by atoms with van der Waals surface area (Å²) >= 11 is 0. The summed E-state index contributed by atoms with van der Waals surface area (Å²) < 4.78 is 1.96. The third-order valence-electron chi connectivity index (χ3n) is 5.57. The summed E-state index contributed by atoms with van der Waals surface area (Å²) in [6.45, 7) is 14.0. The van der Waals surface area contributed by atoms with Gasteiger partial charge >= 0.3 is 0 Å². The third kappa shape index (κ3) is 4.77. The fourth-order valence-electron chi connectivity index (χ4n) is 3.80. The van der Waals surface area contributed by atoms with Gasteiger partial charge in [0.25, 0.3) is 0 Å². The lowest BCUT2D eigenvalue weighted by Crippen LogP contribution is -2.41. The summed E-state index contributed by atoms with van der Waals surface area (Å²) in [5.41, 5.74) is 1.11. The summed E-state index contributed by atoms with van der Waals surface area (Å²) in [6, 6.07) is 0.397. The van der Waals surface area contributed by atoms with Crippen molar-refractivity contribution in [3.63, 3.8) is 0 Å². The van der Waals surface area contributed by atoms with Crippen molar-refractivity contribution in [1.29, 1.82) is 0 Å². The molecule has 0 radical (unpaired) electrons. The Kier molecular flexibility index (Phi) is 5.70. The van der Waals surface area contributed by atoms with Crippen molar-refractivity contribution in [2.24, 2.45) is 11.8 Å². The van der Waals surface area contributed by atoms with Crippen molar-refractivity contribution in [2.45, 2.75) is 59.0 Å². The van der Waals surface area contributed by atoms with Crippen molar-refractivity contribution in [3.8, 4) is 0 Å². The maximum Gasteiger partial charge on any atom is 0.0967 e. The van der Waals surface area contributed by atoms with E-state index in [9.17, 15) is 0 Å². The zero-order valence-electron chi connectivity index (χ0n) is 15.1. The fourth-order valence-corrected chi connectivity index (χ4v) is 3.80. The molecule has 2 aliphatic heterocycles. The minimum Gasteiger partial charge on any atom is -0.303 e. The van der Waals surface area contributed by atoms with Gasteiger partial charge in [-0.15, -0.1) is 5.10 Å². The molecule has 5 nitrogen and oxygen atoms in total. The fraction of sp³-hybridized carbons (Fsp3) is 0.889. The van der Waals surface area contributed by atoms with E-state index in [2.05, 4.69) is 47.1 Å². The smallest absolute Gasteiger partial charge is 0.0967 e. The molecule has 0 atom stereocenters. The lowest BCUT2D eigenvalue weighted by atomic mass is 9.93. The zero-order chi connectivity index (χ0) is 16.2. The number of nitrogens with zero attached hydrogens (tertiary/aromatic N) is 5. The SMILES string of the molecule is CC1CCN(CC2CCN(Cc3cn(C(C)C)nn3)CC2)CC1. The Labute approximate surface area is 141 Å². The normalized spacial score (nSPS) is 23.0. The van der Waals surface area contributed by atoms with Crippen LogP contribution in [-0.4, -0.2) is 57.5 Å². The summed E-state index contributed by atoms with van der Waals surface area (Å²) in [5.74, 6) is 1.83. The predicted octanol–water partition coefficient (Wildman–Crippen LogP) is 2.80. The Balaban J connectivity index is 1.39. The van der Waals surface area contributed by atoms with E-state index in [1.54, 1.807) is 0 Å². The lowest BCUT2D eigenvalue weighted by molar-refractivity contribution is 0.117. The van der Waals surface area contributed by atoms with Gasteiger partial charge in [0.05, 0.1) is 11.9 Å². The van der Waals surface area contributed by atoms with Crippen LogP contribution in [0.1, 0.15) is 58.2 Å². The van der Waals surface area contributed by atoms with E-state index < -0.39 is 0 Å². The summed E-state index contributed by atoms with van der Waals surface area (Å²) in [6.07, 6.45) is 7.56. The summed E-state index contributed by atoms with van der Waals surface area (Å²) in [5, 5.41) is 8.53. The number of hydrogen-bond acceptors (Lipinski definition) is 4. The van der Waals surface area contributed by atoms with E-state index in [1.165, 1.54) is 58.4 Å². The van der Waals surface area contributed by atoms with Crippen LogP contribution in [0.5, 0.6) is 0 Å². The van der Waals surface area contributed by atoms with E-state index in [0.29, 0.717) is 6.04 Å². The molecule has 0 unspecified atom stereocenters. The van der Waals surface area contributed by atoms with Crippen molar-refractivity contribution < 1.29 is 0 Å². The summed E-state index contributed by atoms with van der Waals surface area (Å²) in [4.78, 5) is 5.25. The Morgan fingerprint density at radius 3 is 2.30 bits per heavy atom. The van der Waals surface area contributed by atoms with E-state index >= 15 is 0 Å². The Morgan fingerprint density at radius 1 is 1.04 bits per heavy atom. The van der Waals surface area contributed by atoms with Gasteiger partial charge in [-0.25, -0.2) is 4.68 Å². The van der Waals surface area contributed by atoms with Crippen molar-refractivity contribution >= 4 is 0 Å². The van der Waals surface area contributed by atoms with Crippen LogP contribution in [-0.2, 0) is 6.54 Å². The summed E-state index contributed by atoms with van der Waals surface area (Å²) in [7, 11) is 0. The van der Waals surface area contributed by atoms with Gasteiger partial charge in [0, 0.05) is 19.1 Å². The van der Waals surface area contributed by atoms with Crippen LogP contribution in [0.4, 0.5) is 0 Å². The van der Waals surface area contributed by atoms with Crippen molar-refractivity contribution in [1.82, 2.24) is 24.8 Å². The first-order chi connectivity index (χ1) is 11.1. The monoisotopic (exact) mass is 319 g/mol. The van der Waals surface area contributed by atoms with Gasteiger partial charge in [0.1, 0.15) is 0 Å². The van der Waals surface area contributed by atoms with Gasteiger partial charge in [-0.3, -0.25) is 4.90 Å². The molecule has 1 aromatic rings. The molecule has 2 fully saturated rings. The standard InChI is InChI=1S/C18H33N5/c1-15(2)23-14-18(19-20-23)13-22-10-6-17(7-11-22)12-21-8-4-16(3)5-9-21/h14-17H,4-13H2,1-3H3. The number of likely N-dealkylation sites (tertiary alicyclic amines) is 2. The maximum atomic E-state index is 4.31. The topological polar surface area (TPSA) is 37.2 Å². The molecular weight excluding hydrogens is 286 g/mol. The van der Waals surface area contributed by atoms with Gasteiger partial charge in [0.2, 0.25) is 0 Å². The van der Waals surface area contributed by atoms with Gasteiger partial charge in [-0.05, 0) is 77.5 Å². The second kappa shape index (κ2) is 7.75. The first kappa shape index (κ1) is 16.9. The molecule has 0 N–H and O–H groups in total. The molecule has 2 saturated heterocycles. The molecule has 3 heterocycles. The van der Waals surface area contributed by atoms with E-state index in [1.807, 2.05) is 4.68 Å². The highest BCUT2D eigenvalue weighted by Crippen LogP contribution is 2.23. The Bertz CT molecular complexity index is 468. The number of piperidine rings is 2. The predicted molar refractivity (Wildman–Crippen MR) is 93.2 cm³/mol. The first-order valence-corrected chi connectivity index (χ1v) is 9.45. The van der Waals surface area contributed by atoms with Crippen molar-refractivity contribution in [3.05, 3.63) is 11.9 Å². The molecule has 0 aromatic carbocycles. The molecule has 1 aromatic heterocycles. The third-order valence-corrected chi connectivity index (χ3v) is 5.57. The van der Waals surface area contributed by atoms with E-state index in [4.69, 9.17) is 0 Å². The highest BCUT2D eigenvalue weighted by atomic mass is 15.4. The number of rotatable bonds is 5. The minimum atomic E-state index is 0.397. The highest BCUT2D eigenvalue weighted by Gasteiger charge is 2.24. The second-order valence-electron chi connectivity index (χ2n) is 7.99. The molecule has 2 aliphatic rings. The highest BCUT2D eigenvalue weighted by molar-refractivity contribution is 4.93. The molecule has 23 heavy (non-hydrogen) atoms. The number of aromatic nitrogens is 3. The van der Waals surface area contributed by atoms with Crippen molar-refractivity contribution in [2.75, 3.05) is 32.7 Å². The van der Waals surface area contributed by atoms with Crippen LogP contribution < -0.4 is 0 Å². The van der Waals surface area contributed by atoms with Crippen LogP contribution in [0.3, 0.4) is 0 Å². The Hall–Kier alpha value is -0.940. The lowest BCUT2D eigenvalue weighted by Gasteiger charge is -2.37. The molecule has 0 amide bonds. The molecule has 0 aliphatic carbocycles. The average molecular weight is 319 g/mol. The molecule has 0 spiro atoms. The molecular formula is C18H33N5. The zero-order valence-corrected chi connectivity index (χ0v) is 15.1. The van der Waals surface area contributed by atoms with Gasteiger partial charge in [-0.2, -0.15) is 0 Å². The van der Waals surface area contributed by atoms with E-state index in [0.717, 1.165) is 24.1 Å². The Morgan fingerprint density at radius 2 is 1.70 bits per heavy atom. The maximum absolute atomic E-state index is 4.31. The average Bonchev–Trinajstić information content (AvgIpc) is 3.00.